The molecular formula is C20H22N2O5S. The van der Waals surface area contributed by atoms with E-state index >= 15 is 0 Å². The molecule has 1 aromatic heterocycles. The largest absolute Gasteiger partial charge is 0.507 e. The maximum atomic E-state index is 13.1. The predicted molar refractivity (Wildman–Crippen MR) is 106 cm³/mol. The summed E-state index contributed by atoms with van der Waals surface area (Å²) < 4.78 is 5.78. The van der Waals surface area contributed by atoms with Gasteiger partial charge in [-0.15, -0.1) is 0 Å². The van der Waals surface area contributed by atoms with Crippen LogP contribution in [0.15, 0.2) is 36.5 Å². The number of carbonyl (C=O) groups excluding carboxylic acids is 2. The standard InChI is InChI=1S/C20H22N2O5S/c1-13(24)19-15(4-3-7-21-19)20(26)22-8-9-28-12-14(22)11-27-18-6-2-5-17(25)16(18)10-23/h2-7,10,13-14,24-25H,8-9,11-12H2,1H3/t13?,14-/m1/s1. The van der Waals surface area contributed by atoms with E-state index in [1.165, 1.54) is 6.07 Å². The van der Waals surface area contributed by atoms with Crippen molar-refractivity contribution < 1.29 is 24.5 Å². The number of aliphatic hydroxyl groups is 1. The van der Waals surface area contributed by atoms with E-state index in [-0.39, 0.29) is 35.6 Å². The molecule has 148 valence electrons. The minimum absolute atomic E-state index is 0.0903. The number of amides is 1. The van der Waals surface area contributed by atoms with E-state index in [2.05, 4.69) is 4.98 Å². The van der Waals surface area contributed by atoms with Gasteiger partial charge in [0.05, 0.1) is 29.0 Å². The Bertz CT molecular complexity index is 858. The molecule has 1 aliphatic heterocycles. The highest BCUT2D eigenvalue weighted by molar-refractivity contribution is 7.99. The molecule has 2 heterocycles. The molecule has 0 spiro atoms. The van der Waals surface area contributed by atoms with Crippen LogP contribution < -0.4 is 4.74 Å². The molecule has 2 atom stereocenters. The summed E-state index contributed by atoms with van der Waals surface area (Å²) in [6, 6.07) is 7.75. The fraction of sp³-hybridized carbons (Fsp3) is 0.350. The van der Waals surface area contributed by atoms with Crippen LogP contribution in [-0.4, -0.2) is 63.0 Å². The first kappa shape index (κ1) is 20.2. The van der Waals surface area contributed by atoms with E-state index < -0.39 is 6.10 Å². The number of aldehydes is 1. The number of benzene rings is 1. The summed E-state index contributed by atoms with van der Waals surface area (Å²) in [5.41, 5.74) is 0.814. The third-order valence-corrected chi connectivity index (χ3v) is 5.64. The second kappa shape index (κ2) is 9.07. The second-order valence-electron chi connectivity index (χ2n) is 6.46. The van der Waals surface area contributed by atoms with Crippen molar-refractivity contribution in [3.63, 3.8) is 0 Å². The van der Waals surface area contributed by atoms with Crippen LogP contribution >= 0.6 is 11.8 Å². The molecule has 1 amide bonds. The summed E-state index contributed by atoms with van der Waals surface area (Å²) in [6.45, 7) is 2.31. The molecule has 1 unspecified atom stereocenters. The van der Waals surface area contributed by atoms with Gasteiger partial charge in [0.25, 0.3) is 5.91 Å². The number of hydrogen-bond acceptors (Lipinski definition) is 7. The number of nitrogens with zero attached hydrogens (tertiary/aromatic N) is 2. The van der Waals surface area contributed by atoms with Crippen molar-refractivity contribution in [3.05, 3.63) is 53.3 Å². The highest BCUT2D eigenvalue weighted by Crippen LogP contribution is 2.27. The quantitative estimate of drug-likeness (QED) is 0.715. The van der Waals surface area contributed by atoms with Gasteiger partial charge < -0.3 is 19.8 Å². The van der Waals surface area contributed by atoms with E-state index in [1.54, 1.807) is 54.0 Å². The Morgan fingerprint density at radius 1 is 1.43 bits per heavy atom. The minimum atomic E-state index is -0.851. The van der Waals surface area contributed by atoms with E-state index in [1.807, 2.05) is 0 Å². The van der Waals surface area contributed by atoms with Gasteiger partial charge in [-0.05, 0) is 31.2 Å². The molecule has 3 rings (SSSR count). The van der Waals surface area contributed by atoms with Gasteiger partial charge in [0.2, 0.25) is 0 Å². The maximum absolute atomic E-state index is 13.1. The molecule has 0 saturated carbocycles. The Balaban J connectivity index is 1.79. The van der Waals surface area contributed by atoms with Crippen molar-refractivity contribution in [1.29, 1.82) is 0 Å². The maximum Gasteiger partial charge on any atom is 0.256 e. The Morgan fingerprint density at radius 3 is 3.00 bits per heavy atom. The van der Waals surface area contributed by atoms with E-state index in [0.717, 1.165) is 5.75 Å². The van der Waals surface area contributed by atoms with Gasteiger partial charge in [-0.3, -0.25) is 14.6 Å². The lowest BCUT2D eigenvalue weighted by Crippen LogP contribution is -2.49. The molecule has 0 bridgehead atoms. The molecule has 0 aliphatic carbocycles. The molecule has 1 aromatic carbocycles. The highest BCUT2D eigenvalue weighted by atomic mass is 32.2. The fourth-order valence-electron chi connectivity index (χ4n) is 3.11. The summed E-state index contributed by atoms with van der Waals surface area (Å²) in [5, 5.41) is 19.7. The Kier molecular flexibility index (Phi) is 6.53. The smallest absolute Gasteiger partial charge is 0.256 e. The average molecular weight is 402 g/mol. The van der Waals surface area contributed by atoms with Crippen molar-refractivity contribution in [3.8, 4) is 11.5 Å². The number of carbonyl (C=O) groups is 2. The summed E-state index contributed by atoms with van der Waals surface area (Å²) in [7, 11) is 0. The number of aliphatic hydroxyl groups excluding tert-OH is 1. The zero-order valence-electron chi connectivity index (χ0n) is 15.4. The lowest BCUT2D eigenvalue weighted by atomic mass is 10.1. The van der Waals surface area contributed by atoms with Crippen LogP contribution in [0.2, 0.25) is 0 Å². The molecule has 8 heteroatoms. The number of phenols is 1. The molecule has 2 aromatic rings. The average Bonchev–Trinajstić information content (AvgIpc) is 2.72. The third kappa shape index (κ3) is 4.28. The molecule has 0 radical (unpaired) electrons. The molecule has 7 nitrogen and oxygen atoms in total. The van der Waals surface area contributed by atoms with Gasteiger partial charge in [0.1, 0.15) is 18.1 Å². The summed E-state index contributed by atoms with van der Waals surface area (Å²) in [4.78, 5) is 30.2. The Morgan fingerprint density at radius 2 is 2.25 bits per heavy atom. The fourth-order valence-corrected chi connectivity index (χ4v) is 4.15. The Labute approximate surface area is 167 Å². The SMILES string of the molecule is CC(O)c1ncccc1C(=O)N1CCSC[C@H]1COc1cccc(O)c1C=O. The normalized spacial score (nSPS) is 17.8. The molecule has 2 N–H and O–H groups in total. The lowest BCUT2D eigenvalue weighted by Gasteiger charge is -2.35. The first-order chi connectivity index (χ1) is 13.5. The van der Waals surface area contributed by atoms with Crippen molar-refractivity contribution in [2.45, 2.75) is 19.1 Å². The number of thioether (sulfide) groups is 1. The zero-order valence-corrected chi connectivity index (χ0v) is 16.3. The van der Waals surface area contributed by atoms with Gasteiger partial charge in [-0.25, -0.2) is 0 Å². The van der Waals surface area contributed by atoms with Gasteiger partial charge in [0, 0.05) is 24.2 Å². The highest BCUT2D eigenvalue weighted by Gasteiger charge is 2.30. The third-order valence-electron chi connectivity index (χ3n) is 4.55. The van der Waals surface area contributed by atoms with Crippen LogP contribution in [0.4, 0.5) is 0 Å². The van der Waals surface area contributed by atoms with Crippen LogP contribution in [0.1, 0.15) is 39.4 Å². The number of ether oxygens (including phenoxy) is 1. The minimum Gasteiger partial charge on any atom is -0.507 e. The number of phenolic OH excluding ortho intramolecular Hbond substituents is 1. The zero-order chi connectivity index (χ0) is 20.1. The van der Waals surface area contributed by atoms with Crippen molar-refractivity contribution in [1.82, 2.24) is 9.88 Å². The van der Waals surface area contributed by atoms with Crippen LogP contribution in [-0.2, 0) is 0 Å². The molecule has 28 heavy (non-hydrogen) atoms. The van der Waals surface area contributed by atoms with Gasteiger partial charge in [-0.2, -0.15) is 11.8 Å². The number of pyridine rings is 1. The second-order valence-corrected chi connectivity index (χ2v) is 7.61. The topological polar surface area (TPSA) is 100.0 Å². The van der Waals surface area contributed by atoms with Crippen LogP contribution in [0.25, 0.3) is 0 Å². The summed E-state index contributed by atoms with van der Waals surface area (Å²) in [6.07, 6.45) is 1.25. The lowest BCUT2D eigenvalue weighted by molar-refractivity contribution is 0.0640. The van der Waals surface area contributed by atoms with Crippen LogP contribution in [0.5, 0.6) is 11.5 Å². The van der Waals surface area contributed by atoms with E-state index in [4.69, 9.17) is 4.74 Å². The van der Waals surface area contributed by atoms with Crippen molar-refractivity contribution >= 4 is 24.0 Å². The van der Waals surface area contributed by atoms with E-state index in [9.17, 15) is 19.8 Å². The van der Waals surface area contributed by atoms with Crippen LogP contribution in [0, 0.1) is 0 Å². The molecule has 1 fully saturated rings. The number of aromatic nitrogens is 1. The molecule has 1 saturated heterocycles. The summed E-state index contributed by atoms with van der Waals surface area (Å²) >= 11 is 1.72. The first-order valence-electron chi connectivity index (χ1n) is 8.94. The molecule has 1 aliphatic rings. The monoisotopic (exact) mass is 402 g/mol. The van der Waals surface area contributed by atoms with Crippen molar-refractivity contribution in [2.75, 3.05) is 24.7 Å². The van der Waals surface area contributed by atoms with Gasteiger partial charge in [-0.1, -0.05) is 6.07 Å². The van der Waals surface area contributed by atoms with Gasteiger partial charge in [0.15, 0.2) is 6.29 Å². The predicted octanol–water partition coefficient (Wildman–Crippen LogP) is 2.29. The first-order valence-corrected chi connectivity index (χ1v) is 10.1. The van der Waals surface area contributed by atoms with Crippen molar-refractivity contribution in [2.24, 2.45) is 0 Å². The molecular weight excluding hydrogens is 380 g/mol. The number of rotatable bonds is 6. The Hall–Kier alpha value is -2.58. The van der Waals surface area contributed by atoms with E-state index in [0.29, 0.717) is 29.8 Å². The summed E-state index contributed by atoms with van der Waals surface area (Å²) in [5.74, 6) is 1.42. The van der Waals surface area contributed by atoms with Crippen LogP contribution in [0.3, 0.4) is 0 Å². The number of aromatic hydroxyl groups is 1. The number of hydrogen-bond donors (Lipinski definition) is 2. The van der Waals surface area contributed by atoms with Gasteiger partial charge >= 0.3 is 0 Å².